The van der Waals surface area contributed by atoms with Gasteiger partial charge in [0.1, 0.15) is 12.1 Å². The first-order chi connectivity index (χ1) is 13.2. The number of hydrogen-bond acceptors (Lipinski definition) is 5. The van der Waals surface area contributed by atoms with E-state index in [2.05, 4.69) is 46.7 Å². The lowest BCUT2D eigenvalue weighted by Crippen LogP contribution is -2.55. The van der Waals surface area contributed by atoms with Crippen molar-refractivity contribution in [3.63, 3.8) is 0 Å². The first-order valence-electron chi connectivity index (χ1n) is 8.98. The van der Waals surface area contributed by atoms with E-state index < -0.39 is 6.04 Å². The van der Waals surface area contributed by atoms with E-state index in [4.69, 9.17) is 4.74 Å². The SMILES string of the molecule is CCOc1ccc([C@H]2[C@H](n3cnnn3)C(=O)N2Cc2ccc(C)cc2)cc1. The molecule has 0 radical (unpaired) electrons. The molecule has 138 valence electrons. The summed E-state index contributed by atoms with van der Waals surface area (Å²) < 4.78 is 7.06. The molecule has 3 aromatic rings. The lowest BCUT2D eigenvalue weighted by molar-refractivity contribution is -0.157. The minimum absolute atomic E-state index is 0.0155. The maximum atomic E-state index is 12.9. The van der Waals surface area contributed by atoms with Crippen molar-refractivity contribution in [2.45, 2.75) is 32.5 Å². The molecule has 2 aromatic carbocycles. The minimum Gasteiger partial charge on any atom is -0.494 e. The standard InChI is InChI=1S/C20H21N5O2/c1-3-27-17-10-8-16(9-11-17)18-19(25-13-21-22-23-25)20(26)24(18)12-15-6-4-14(2)5-7-15/h4-11,13,18-19H,3,12H2,1-2H3/t18-,19-/m0/s1. The van der Waals surface area contributed by atoms with Crippen molar-refractivity contribution in [3.05, 3.63) is 71.5 Å². The molecule has 7 nitrogen and oxygen atoms in total. The fraction of sp³-hybridized carbons (Fsp3) is 0.300. The quantitative estimate of drug-likeness (QED) is 0.630. The lowest BCUT2D eigenvalue weighted by atomic mass is 9.88. The summed E-state index contributed by atoms with van der Waals surface area (Å²) in [6, 6.07) is 15.5. The zero-order valence-corrected chi connectivity index (χ0v) is 15.3. The van der Waals surface area contributed by atoms with E-state index in [0.29, 0.717) is 13.2 Å². The van der Waals surface area contributed by atoms with E-state index in [-0.39, 0.29) is 11.9 Å². The van der Waals surface area contributed by atoms with Gasteiger partial charge < -0.3 is 9.64 Å². The van der Waals surface area contributed by atoms with Crippen molar-refractivity contribution < 1.29 is 9.53 Å². The normalized spacial score (nSPS) is 19.0. The Morgan fingerprint density at radius 3 is 2.41 bits per heavy atom. The number of hydrogen-bond donors (Lipinski definition) is 0. The smallest absolute Gasteiger partial charge is 0.251 e. The topological polar surface area (TPSA) is 73.1 Å². The van der Waals surface area contributed by atoms with Crippen molar-refractivity contribution >= 4 is 5.91 Å². The summed E-state index contributed by atoms with van der Waals surface area (Å²) in [5, 5.41) is 11.3. The van der Waals surface area contributed by atoms with E-state index in [1.165, 1.54) is 16.6 Å². The highest BCUT2D eigenvalue weighted by Gasteiger charge is 2.49. The minimum atomic E-state index is -0.427. The maximum Gasteiger partial charge on any atom is 0.251 e. The van der Waals surface area contributed by atoms with Gasteiger partial charge in [0.15, 0.2) is 6.04 Å². The third kappa shape index (κ3) is 3.28. The fourth-order valence-electron chi connectivity index (χ4n) is 3.44. The molecule has 1 fully saturated rings. The molecule has 0 N–H and O–H groups in total. The van der Waals surface area contributed by atoms with Crippen LogP contribution in [0.5, 0.6) is 5.75 Å². The Bertz CT molecular complexity index is 907. The number of tetrazole rings is 1. The molecule has 27 heavy (non-hydrogen) atoms. The van der Waals surface area contributed by atoms with E-state index >= 15 is 0 Å². The molecule has 1 saturated heterocycles. The van der Waals surface area contributed by atoms with Crippen LogP contribution in [0.3, 0.4) is 0 Å². The van der Waals surface area contributed by atoms with Gasteiger partial charge in [-0.25, -0.2) is 4.68 Å². The van der Waals surface area contributed by atoms with Gasteiger partial charge in [-0.05, 0) is 47.5 Å². The Labute approximate surface area is 157 Å². The molecule has 2 atom stereocenters. The number of amides is 1. The number of nitrogens with zero attached hydrogens (tertiary/aromatic N) is 5. The summed E-state index contributed by atoms with van der Waals surface area (Å²) in [4.78, 5) is 14.7. The van der Waals surface area contributed by atoms with E-state index in [9.17, 15) is 4.79 Å². The van der Waals surface area contributed by atoms with Gasteiger partial charge in [0.2, 0.25) is 0 Å². The molecule has 0 saturated carbocycles. The Kier molecular flexibility index (Phi) is 4.58. The van der Waals surface area contributed by atoms with Gasteiger partial charge in [-0.3, -0.25) is 4.79 Å². The average Bonchev–Trinajstić information content (AvgIpc) is 3.20. The van der Waals surface area contributed by atoms with Gasteiger partial charge in [0.05, 0.1) is 12.6 Å². The van der Waals surface area contributed by atoms with E-state index in [0.717, 1.165) is 16.9 Å². The van der Waals surface area contributed by atoms with Crippen molar-refractivity contribution in [1.82, 2.24) is 25.1 Å². The molecular formula is C20H21N5O2. The molecule has 0 unspecified atom stereocenters. The molecule has 0 spiro atoms. The molecule has 1 amide bonds. The highest BCUT2D eigenvalue weighted by atomic mass is 16.5. The fourth-order valence-corrected chi connectivity index (χ4v) is 3.44. The molecule has 1 aromatic heterocycles. The van der Waals surface area contributed by atoms with Crippen molar-refractivity contribution in [2.75, 3.05) is 6.61 Å². The zero-order chi connectivity index (χ0) is 18.8. The van der Waals surface area contributed by atoms with Crippen LogP contribution in [0.15, 0.2) is 54.9 Å². The van der Waals surface area contributed by atoms with E-state index in [1.807, 2.05) is 36.1 Å². The molecule has 1 aliphatic rings. The predicted molar refractivity (Wildman–Crippen MR) is 98.9 cm³/mol. The van der Waals surface area contributed by atoms with Gasteiger partial charge >= 0.3 is 0 Å². The third-order valence-electron chi connectivity index (χ3n) is 4.83. The summed E-state index contributed by atoms with van der Waals surface area (Å²) in [6.07, 6.45) is 1.49. The zero-order valence-electron chi connectivity index (χ0n) is 15.3. The molecule has 4 rings (SSSR count). The first kappa shape index (κ1) is 17.2. The van der Waals surface area contributed by atoms with Crippen molar-refractivity contribution in [1.29, 1.82) is 0 Å². The predicted octanol–water partition coefficient (Wildman–Crippen LogP) is 2.71. The monoisotopic (exact) mass is 363 g/mol. The Morgan fingerprint density at radius 1 is 1.04 bits per heavy atom. The molecular weight excluding hydrogens is 342 g/mol. The van der Waals surface area contributed by atoms with Crippen LogP contribution in [0.4, 0.5) is 0 Å². The molecule has 0 bridgehead atoms. The Hall–Kier alpha value is -3.22. The van der Waals surface area contributed by atoms with Crippen LogP contribution >= 0.6 is 0 Å². The number of β-lactam (4-membered cyclic amide) rings is 1. The maximum absolute atomic E-state index is 12.9. The van der Waals surface area contributed by atoms with Gasteiger partial charge in [0.25, 0.3) is 5.91 Å². The lowest BCUT2D eigenvalue weighted by Gasteiger charge is -2.47. The summed E-state index contributed by atoms with van der Waals surface area (Å²) in [7, 11) is 0. The van der Waals surface area contributed by atoms with Crippen LogP contribution in [0, 0.1) is 6.92 Å². The number of carbonyl (C=O) groups excluding carboxylic acids is 1. The molecule has 1 aliphatic heterocycles. The Morgan fingerprint density at radius 2 is 1.78 bits per heavy atom. The van der Waals surface area contributed by atoms with Crippen LogP contribution < -0.4 is 4.74 Å². The third-order valence-corrected chi connectivity index (χ3v) is 4.83. The van der Waals surface area contributed by atoms with Crippen LogP contribution in [-0.2, 0) is 11.3 Å². The second-order valence-electron chi connectivity index (χ2n) is 6.63. The molecule has 0 aliphatic carbocycles. The highest BCUT2D eigenvalue weighted by Crippen LogP contribution is 2.44. The molecule has 2 heterocycles. The van der Waals surface area contributed by atoms with Crippen molar-refractivity contribution in [3.8, 4) is 5.75 Å². The summed E-state index contributed by atoms with van der Waals surface area (Å²) in [6.45, 7) is 5.17. The second kappa shape index (κ2) is 7.19. The van der Waals surface area contributed by atoms with Crippen molar-refractivity contribution in [2.24, 2.45) is 0 Å². The number of ether oxygens (including phenoxy) is 1. The summed E-state index contributed by atoms with van der Waals surface area (Å²) >= 11 is 0. The van der Waals surface area contributed by atoms with E-state index in [1.54, 1.807) is 0 Å². The first-order valence-corrected chi connectivity index (χ1v) is 8.98. The number of carbonyl (C=O) groups is 1. The number of aryl methyl sites for hydroxylation is 1. The van der Waals surface area contributed by atoms with Crippen LogP contribution in [0.1, 0.15) is 35.7 Å². The number of aromatic nitrogens is 4. The van der Waals surface area contributed by atoms with Crippen LogP contribution in [0.2, 0.25) is 0 Å². The second-order valence-corrected chi connectivity index (χ2v) is 6.63. The Balaban J connectivity index is 1.63. The molecule has 7 heteroatoms. The number of benzene rings is 2. The highest BCUT2D eigenvalue weighted by molar-refractivity contribution is 5.88. The van der Waals surface area contributed by atoms with Gasteiger partial charge in [-0.1, -0.05) is 42.0 Å². The number of rotatable bonds is 6. The average molecular weight is 363 g/mol. The van der Waals surface area contributed by atoms with Crippen LogP contribution in [-0.4, -0.2) is 37.6 Å². The van der Waals surface area contributed by atoms with Gasteiger partial charge in [0, 0.05) is 6.54 Å². The summed E-state index contributed by atoms with van der Waals surface area (Å²) in [5.41, 5.74) is 3.33. The van der Waals surface area contributed by atoms with Gasteiger partial charge in [-0.15, -0.1) is 5.10 Å². The van der Waals surface area contributed by atoms with Crippen LogP contribution in [0.25, 0.3) is 0 Å². The number of likely N-dealkylation sites (tertiary alicyclic amines) is 1. The summed E-state index contributed by atoms with van der Waals surface area (Å²) in [5.74, 6) is 0.831. The van der Waals surface area contributed by atoms with Gasteiger partial charge in [-0.2, -0.15) is 0 Å². The largest absolute Gasteiger partial charge is 0.494 e.